The number of carboxylic acid groups (broad SMARTS) is 2. The second-order valence-corrected chi connectivity index (χ2v) is 9.49. The van der Waals surface area contributed by atoms with Gasteiger partial charge in [0.2, 0.25) is 5.91 Å². The fourth-order valence-corrected chi connectivity index (χ4v) is 4.77. The molecule has 0 bridgehead atoms. The summed E-state index contributed by atoms with van der Waals surface area (Å²) in [4.78, 5) is 48.5. The molecule has 12 heteroatoms. The number of nitrogens with two attached hydrogens (primary N) is 1. The molecule has 35 heavy (non-hydrogen) atoms. The second-order valence-electron chi connectivity index (χ2n) is 8.32. The zero-order valence-electron chi connectivity index (χ0n) is 18.5. The lowest BCUT2D eigenvalue weighted by atomic mass is 9.65. The highest BCUT2D eigenvalue weighted by molar-refractivity contribution is 7.14. The lowest BCUT2D eigenvalue weighted by Gasteiger charge is -2.40. The normalized spacial score (nSPS) is 14.9. The molecule has 0 saturated heterocycles. The highest BCUT2D eigenvalue weighted by Crippen LogP contribution is 2.45. The van der Waals surface area contributed by atoms with Gasteiger partial charge in [-0.1, -0.05) is 6.42 Å². The standard InChI is InChI=1S/C23H24FN3O7S/c24-14-10-12(19(25)26)2-5-16(14)34-21(32)17-6-3-13(35-17)11-23(8-1-9-23)22(33)27-15(20(30)31)4-7-18(28)29/h2-3,5-6,10,15H,1,4,7-9,11H2,(H3,25,26)(H,27,33)(H,28,29)(H,30,31)/t15-/m0/s1. The number of carbonyl (C=O) groups excluding carboxylic acids is 2. The number of hydrogen-bond acceptors (Lipinski definition) is 7. The van der Waals surface area contributed by atoms with Crippen molar-refractivity contribution in [2.24, 2.45) is 11.1 Å². The summed E-state index contributed by atoms with van der Waals surface area (Å²) in [6.45, 7) is 0. The van der Waals surface area contributed by atoms with Gasteiger partial charge < -0.3 is 26.0 Å². The van der Waals surface area contributed by atoms with E-state index in [0.29, 0.717) is 17.7 Å². The Labute approximate surface area is 203 Å². The highest BCUT2D eigenvalue weighted by atomic mass is 32.1. The molecule has 1 aliphatic carbocycles. The number of rotatable bonds is 11. The first-order valence-electron chi connectivity index (χ1n) is 10.7. The summed E-state index contributed by atoms with van der Waals surface area (Å²) in [5.41, 5.74) is 4.61. The van der Waals surface area contributed by atoms with Gasteiger partial charge in [-0.15, -0.1) is 11.3 Å². The van der Waals surface area contributed by atoms with E-state index in [-0.39, 0.29) is 34.9 Å². The van der Waals surface area contributed by atoms with E-state index in [1.165, 1.54) is 18.2 Å². The summed E-state index contributed by atoms with van der Waals surface area (Å²) in [5.74, 6) is -5.20. The maximum Gasteiger partial charge on any atom is 0.353 e. The van der Waals surface area contributed by atoms with Crippen molar-refractivity contribution in [3.8, 4) is 5.75 Å². The monoisotopic (exact) mass is 505 g/mol. The van der Waals surface area contributed by atoms with Crippen LogP contribution in [0.25, 0.3) is 0 Å². The number of nitrogens with one attached hydrogen (secondary N) is 2. The van der Waals surface area contributed by atoms with Crippen LogP contribution in [0, 0.1) is 16.6 Å². The van der Waals surface area contributed by atoms with Crippen LogP contribution < -0.4 is 15.8 Å². The summed E-state index contributed by atoms with van der Waals surface area (Å²) in [6.07, 6.45) is 1.47. The maximum atomic E-state index is 14.2. The average molecular weight is 506 g/mol. The van der Waals surface area contributed by atoms with Gasteiger partial charge in [0.15, 0.2) is 11.6 Å². The largest absolute Gasteiger partial charge is 0.481 e. The molecule has 0 radical (unpaired) electrons. The molecule has 1 aromatic heterocycles. The minimum atomic E-state index is -1.31. The van der Waals surface area contributed by atoms with Gasteiger partial charge in [0.25, 0.3) is 0 Å². The molecule has 1 aromatic carbocycles. The van der Waals surface area contributed by atoms with Crippen LogP contribution in [0.3, 0.4) is 0 Å². The van der Waals surface area contributed by atoms with Crippen LogP contribution in [0.5, 0.6) is 5.75 Å². The van der Waals surface area contributed by atoms with Crippen LogP contribution in [0.15, 0.2) is 30.3 Å². The number of halogens is 1. The van der Waals surface area contributed by atoms with E-state index >= 15 is 0 Å². The zero-order chi connectivity index (χ0) is 25.8. The second kappa shape index (κ2) is 10.6. The van der Waals surface area contributed by atoms with E-state index in [2.05, 4.69) is 5.32 Å². The molecular formula is C23H24FN3O7S. The van der Waals surface area contributed by atoms with Gasteiger partial charge in [-0.2, -0.15) is 0 Å². The van der Waals surface area contributed by atoms with Crippen molar-refractivity contribution in [1.29, 1.82) is 5.41 Å². The molecule has 1 fully saturated rings. The minimum absolute atomic E-state index is 0.151. The first-order valence-corrected chi connectivity index (χ1v) is 11.5. The van der Waals surface area contributed by atoms with E-state index in [1.54, 1.807) is 6.07 Å². The summed E-state index contributed by atoms with van der Waals surface area (Å²) in [5, 5.41) is 27.9. The molecule has 3 rings (SSSR count). The summed E-state index contributed by atoms with van der Waals surface area (Å²) < 4.78 is 19.3. The molecule has 1 amide bonds. The third-order valence-corrected chi connectivity index (χ3v) is 6.93. The van der Waals surface area contributed by atoms with E-state index in [9.17, 15) is 28.7 Å². The topological polar surface area (TPSA) is 180 Å². The van der Waals surface area contributed by atoms with E-state index in [0.717, 1.165) is 23.8 Å². The van der Waals surface area contributed by atoms with Crippen molar-refractivity contribution in [1.82, 2.24) is 5.32 Å². The fraction of sp³-hybridized carbons (Fsp3) is 0.348. The Kier molecular flexibility index (Phi) is 7.85. The number of benzene rings is 1. The Bertz CT molecular complexity index is 1180. The predicted molar refractivity (Wildman–Crippen MR) is 123 cm³/mol. The smallest absolute Gasteiger partial charge is 0.353 e. The minimum Gasteiger partial charge on any atom is -0.481 e. The maximum absolute atomic E-state index is 14.2. The van der Waals surface area contributed by atoms with Gasteiger partial charge >= 0.3 is 17.9 Å². The number of ether oxygens (including phenoxy) is 1. The Morgan fingerprint density at radius 2 is 1.91 bits per heavy atom. The summed E-state index contributed by atoms with van der Waals surface area (Å²) in [6, 6.07) is 5.40. The molecule has 1 aliphatic rings. The first-order chi connectivity index (χ1) is 16.5. The quantitative estimate of drug-likeness (QED) is 0.134. The zero-order valence-corrected chi connectivity index (χ0v) is 19.3. The Morgan fingerprint density at radius 3 is 2.46 bits per heavy atom. The molecule has 0 spiro atoms. The Hall–Kier alpha value is -3.80. The van der Waals surface area contributed by atoms with Crippen molar-refractivity contribution in [2.45, 2.75) is 44.6 Å². The molecule has 0 aliphatic heterocycles. The molecule has 1 saturated carbocycles. The van der Waals surface area contributed by atoms with Crippen molar-refractivity contribution in [3.05, 3.63) is 51.5 Å². The fourth-order valence-electron chi connectivity index (χ4n) is 3.74. The Morgan fingerprint density at radius 1 is 1.20 bits per heavy atom. The highest BCUT2D eigenvalue weighted by Gasteiger charge is 2.45. The molecule has 1 atom stereocenters. The Balaban J connectivity index is 1.67. The molecule has 2 aromatic rings. The van der Waals surface area contributed by atoms with Crippen molar-refractivity contribution in [3.63, 3.8) is 0 Å². The lowest BCUT2D eigenvalue weighted by Crippen LogP contribution is -2.52. The van der Waals surface area contributed by atoms with Gasteiger partial charge in [0.1, 0.15) is 16.8 Å². The number of aliphatic carboxylic acids is 2. The summed E-state index contributed by atoms with van der Waals surface area (Å²) >= 11 is 1.08. The van der Waals surface area contributed by atoms with Crippen LogP contribution in [0.2, 0.25) is 0 Å². The van der Waals surface area contributed by atoms with Crippen LogP contribution >= 0.6 is 11.3 Å². The first kappa shape index (κ1) is 25.8. The van der Waals surface area contributed by atoms with Gasteiger partial charge in [-0.05, 0) is 56.0 Å². The van der Waals surface area contributed by atoms with Crippen LogP contribution in [0.4, 0.5) is 4.39 Å². The third kappa shape index (κ3) is 6.21. The number of carbonyl (C=O) groups is 4. The lowest BCUT2D eigenvalue weighted by molar-refractivity contribution is -0.146. The van der Waals surface area contributed by atoms with Crippen molar-refractivity contribution in [2.75, 3.05) is 0 Å². The molecule has 10 nitrogen and oxygen atoms in total. The predicted octanol–water partition coefficient (Wildman–Crippen LogP) is 2.54. The SMILES string of the molecule is N=C(N)c1ccc(OC(=O)c2ccc(CC3(C(=O)N[C@@H](CCC(=O)O)C(=O)O)CCC3)s2)c(F)c1. The van der Waals surface area contributed by atoms with Crippen LogP contribution in [-0.4, -0.2) is 45.9 Å². The average Bonchev–Trinajstić information content (AvgIpc) is 3.23. The summed E-state index contributed by atoms with van der Waals surface area (Å²) in [7, 11) is 0. The molecule has 0 unspecified atom stereocenters. The number of esters is 1. The third-order valence-electron chi connectivity index (χ3n) is 5.86. The van der Waals surface area contributed by atoms with E-state index < -0.39 is 47.5 Å². The van der Waals surface area contributed by atoms with Gasteiger partial charge in [0, 0.05) is 16.9 Å². The van der Waals surface area contributed by atoms with Gasteiger partial charge in [-0.25, -0.2) is 14.0 Å². The van der Waals surface area contributed by atoms with E-state index in [4.69, 9.17) is 21.0 Å². The molecule has 1 heterocycles. The van der Waals surface area contributed by atoms with Crippen LogP contribution in [-0.2, 0) is 20.8 Å². The van der Waals surface area contributed by atoms with Crippen molar-refractivity contribution < 1.29 is 38.5 Å². The van der Waals surface area contributed by atoms with E-state index in [1.807, 2.05) is 0 Å². The number of nitrogen functional groups attached to an aromatic ring is 1. The molecular weight excluding hydrogens is 481 g/mol. The molecule has 6 N–H and O–H groups in total. The number of carboxylic acids is 2. The molecule has 186 valence electrons. The number of thiophene rings is 1. The number of amides is 1. The van der Waals surface area contributed by atoms with Crippen LogP contribution in [0.1, 0.15) is 52.2 Å². The van der Waals surface area contributed by atoms with Gasteiger partial charge in [-0.3, -0.25) is 15.0 Å². The number of hydrogen-bond donors (Lipinski definition) is 5. The van der Waals surface area contributed by atoms with Gasteiger partial charge in [0.05, 0.1) is 5.41 Å². The van der Waals surface area contributed by atoms with Crippen molar-refractivity contribution >= 4 is 41.0 Å². The number of amidine groups is 1.